The number of nitrogens with zero attached hydrogens (tertiary/aromatic N) is 6. The summed E-state index contributed by atoms with van der Waals surface area (Å²) in [6, 6.07) is 0. The van der Waals surface area contributed by atoms with Gasteiger partial charge in [-0.15, -0.1) is 5.10 Å². The highest BCUT2D eigenvalue weighted by molar-refractivity contribution is 7.90. The van der Waals surface area contributed by atoms with E-state index in [1.165, 1.54) is 11.7 Å². The number of nitrogens with two attached hydrogens (primary N) is 1. The minimum absolute atomic E-state index is 0.0874. The summed E-state index contributed by atoms with van der Waals surface area (Å²) in [7, 11) is -2.29. The average molecular weight is 450 g/mol. The lowest BCUT2D eigenvalue weighted by Crippen LogP contribution is -2.45. The van der Waals surface area contributed by atoms with E-state index >= 15 is 0 Å². The molecule has 3 aliphatic rings. The van der Waals surface area contributed by atoms with Crippen molar-refractivity contribution >= 4 is 21.6 Å². The second-order valence-corrected chi connectivity index (χ2v) is 10.9. The third-order valence-corrected chi connectivity index (χ3v) is 8.92. The lowest BCUT2D eigenvalue weighted by atomic mass is 9.91. The maximum atomic E-state index is 12.9. The Labute approximate surface area is 177 Å². The summed E-state index contributed by atoms with van der Waals surface area (Å²) in [6.45, 7) is 0. The number of carbonyl (C=O) groups excluding carboxylic acids is 1. The first-order chi connectivity index (χ1) is 14.5. The van der Waals surface area contributed by atoms with Crippen LogP contribution in [0.2, 0.25) is 0 Å². The van der Waals surface area contributed by atoms with Crippen LogP contribution in [-0.2, 0) is 27.4 Å². The van der Waals surface area contributed by atoms with Gasteiger partial charge in [-0.1, -0.05) is 5.21 Å². The van der Waals surface area contributed by atoms with Gasteiger partial charge in [0, 0.05) is 12.6 Å². The zero-order valence-corrected chi connectivity index (χ0v) is 17.6. The molecule has 3 fully saturated rings. The van der Waals surface area contributed by atoms with Crippen LogP contribution in [0.15, 0.2) is 12.4 Å². The van der Waals surface area contributed by atoms with Gasteiger partial charge in [0.15, 0.2) is 0 Å². The van der Waals surface area contributed by atoms with Gasteiger partial charge in [0.25, 0.3) is 5.91 Å². The van der Waals surface area contributed by atoms with Crippen LogP contribution in [0.3, 0.4) is 0 Å². The maximum absolute atomic E-state index is 12.9. The maximum Gasteiger partial charge on any atom is 0.320 e. The number of hydrogen-bond donors (Lipinski definition) is 2. The third kappa shape index (κ3) is 2.81. The molecule has 5 rings (SSSR count). The molecule has 3 saturated carbocycles. The summed E-state index contributed by atoms with van der Waals surface area (Å²) in [5, 5.41) is 31.8. The van der Waals surface area contributed by atoms with Crippen LogP contribution in [-0.4, -0.2) is 49.6 Å². The molecule has 0 saturated heterocycles. The molecule has 3 N–H and O–H groups in total. The second-order valence-electron chi connectivity index (χ2n) is 8.98. The summed E-state index contributed by atoms with van der Waals surface area (Å²) < 4.78 is 25.8. The molecule has 0 unspecified atom stereocenters. The predicted molar refractivity (Wildman–Crippen MR) is 105 cm³/mol. The molecule has 0 spiro atoms. The third-order valence-electron chi connectivity index (χ3n) is 7.21. The number of carbonyl (C=O) groups is 1. The fraction of sp³-hybridized carbons (Fsp3) is 0.647. The normalized spacial score (nSPS) is 28.6. The molecule has 0 radical (unpaired) electrons. The van der Waals surface area contributed by atoms with Crippen molar-refractivity contribution in [3.63, 3.8) is 0 Å². The molecule has 3 aliphatic carbocycles. The van der Waals surface area contributed by atoms with Gasteiger partial charge in [0.05, 0.1) is 16.7 Å². The number of nitro groups is 1. The molecule has 14 heteroatoms. The van der Waals surface area contributed by atoms with Crippen LogP contribution in [0.1, 0.15) is 61.1 Å². The Balaban J connectivity index is 1.38. The fourth-order valence-electron chi connectivity index (χ4n) is 5.28. The molecule has 0 aromatic carbocycles. The van der Waals surface area contributed by atoms with Crippen LogP contribution in [0.4, 0.5) is 5.69 Å². The van der Waals surface area contributed by atoms with Crippen molar-refractivity contribution in [2.45, 2.75) is 60.8 Å². The minimum atomic E-state index is -3.78. The fourth-order valence-corrected chi connectivity index (χ4v) is 6.34. The van der Waals surface area contributed by atoms with E-state index in [4.69, 9.17) is 5.14 Å². The van der Waals surface area contributed by atoms with Gasteiger partial charge in [-0.05, 0) is 44.9 Å². The Bertz CT molecular complexity index is 1200. The van der Waals surface area contributed by atoms with Gasteiger partial charge in [0.2, 0.25) is 15.7 Å². The molecular formula is C17H22N8O5S. The molecular weight excluding hydrogens is 428 g/mol. The monoisotopic (exact) mass is 450 g/mol. The van der Waals surface area contributed by atoms with Crippen molar-refractivity contribution < 1.29 is 18.1 Å². The van der Waals surface area contributed by atoms with Crippen LogP contribution < -0.4 is 10.5 Å². The Morgan fingerprint density at radius 3 is 2.52 bits per heavy atom. The van der Waals surface area contributed by atoms with E-state index in [1.807, 2.05) is 0 Å². The number of primary sulfonamides is 1. The number of sulfonamides is 1. The second kappa shape index (κ2) is 6.09. The van der Waals surface area contributed by atoms with Gasteiger partial charge in [0.1, 0.15) is 16.6 Å². The number of rotatable bonds is 6. The molecule has 1 amide bonds. The van der Waals surface area contributed by atoms with Crippen LogP contribution in [0, 0.1) is 10.1 Å². The van der Waals surface area contributed by atoms with E-state index in [0.29, 0.717) is 37.8 Å². The van der Waals surface area contributed by atoms with Crippen molar-refractivity contribution in [3.05, 3.63) is 33.9 Å². The number of fused-ring (bicyclic) bond motifs is 2. The predicted octanol–water partition coefficient (Wildman–Crippen LogP) is 0.0392. The summed E-state index contributed by atoms with van der Waals surface area (Å²) in [5.41, 5.74) is -0.958. The van der Waals surface area contributed by atoms with E-state index in [-0.39, 0.29) is 16.9 Å². The molecule has 0 atom stereocenters. The number of aromatic nitrogens is 5. The van der Waals surface area contributed by atoms with Crippen LogP contribution in [0.25, 0.3) is 0 Å². The first-order valence-electron chi connectivity index (χ1n) is 9.96. The summed E-state index contributed by atoms with van der Waals surface area (Å²) >= 11 is 0. The van der Waals surface area contributed by atoms with E-state index in [2.05, 4.69) is 20.7 Å². The Kier molecular flexibility index (Phi) is 3.94. The molecule has 31 heavy (non-hydrogen) atoms. The molecule has 2 heterocycles. The lowest BCUT2D eigenvalue weighted by Gasteiger charge is -2.28. The quantitative estimate of drug-likeness (QED) is 0.457. The SMILES string of the molecule is Cn1ncc([N+](=O)[O-])c1C(=O)NC12CCC(n3cc(C4(S(N)(=O)=O)CC4)nn3)(CC1)C2. The Morgan fingerprint density at radius 1 is 1.26 bits per heavy atom. The summed E-state index contributed by atoms with van der Waals surface area (Å²) in [5.74, 6) is -0.533. The van der Waals surface area contributed by atoms with Gasteiger partial charge in [-0.25, -0.2) is 18.2 Å². The number of amides is 1. The molecule has 13 nitrogen and oxygen atoms in total. The smallest absolute Gasteiger partial charge is 0.320 e. The standard InChI is InChI=1S/C17H22N8O5S/c1-23-13(11(8-19-23)25(27)28)14(26)20-15-2-4-16(10-15,5-3-15)24-9-12(21-22-24)17(6-7-17)31(18,29)30/h8-9H,2-7,10H2,1H3,(H,20,26)(H2,18,29,30). The van der Waals surface area contributed by atoms with Crippen molar-refractivity contribution in [3.8, 4) is 0 Å². The van der Waals surface area contributed by atoms with Crippen molar-refractivity contribution in [2.24, 2.45) is 12.2 Å². The van der Waals surface area contributed by atoms with Crippen LogP contribution in [0.5, 0.6) is 0 Å². The van der Waals surface area contributed by atoms with Gasteiger partial charge >= 0.3 is 5.69 Å². The minimum Gasteiger partial charge on any atom is -0.345 e. The topological polar surface area (TPSA) is 181 Å². The van der Waals surface area contributed by atoms with Crippen molar-refractivity contribution in [2.75, 3.05) is 0 Å². The van der Waals surface area contributed by atoms with E-state index in [9.17, 15) is 23.3 Å². The molecule has 0 aliphatic heterocycles. The Hall–Kier alpha value is -2.87. The molecule has 2 aromatic heterocycles. The van der Waals surface area contributed by atoms with Gasteiger partial charge < -0.3 is 5.32 Å². The zero-order chi connectivity index (χ0) is 22.2. The Morgan fingerprint density at radius 2 is 1.94 bits per heavy atom. The van der Waals surface area contributed by atoms with Crippen LogP contribution >= 0.6 is 0 Å². The highest BCUT2D eigenvalue weighted by atomic mass is 32.2. The summed E-state index contributed by atoms with van der Waals surface area (Å²) in [6.07, 6.45) is 7.01. The van der Waals surface area contributed by atoms with E-state index < -0.39 is 31.1 Å². The molecule has 2 aromatic rings. The van der Waals surface area contributed by atoms with E-state index in [1.54, 1.807) is 10.9 Å². The molecule has 166 valence electrons. The van der Waals surface area contributed by atoms with Crippen molar-refractivity contribution in [1.29, 1.82) is 0 Å². The highest BCUT2D eigenvalue weighted by Crippen LogP contribution is 2.56. The first-order valence-corrected chi connectivity index (χ1v) is 11.5. The number of nitrogens with one attached hydrogen (secondary N) is 1. The largest absolute Gasteiger partial charge is 0.345 e. The highest BCUT2D eigenvalue weighted by Gasteiger charge is 2.59. The zero-order valence-electron chi connectivity index (χ0n) is 16.8. The first kappa shape index (κ1) is 20.1. The van der Waals surface area contributed by atoms with Gasteiger partial charge in [-0.3, -0.25) is 19.6 Å². The van der Waals surface area contributed by atoms with E-state index in [0.717, 1.165) is 19.0 Å². The average Bonchev–Trinajstić information content (AvgIpc) is 3.05. The lowest BCUT2D eigenvalue weighted by molar-refractivity contribution is -0.385. The summed E-state index contributed by atoms with van der Waals surface area (Å²) in [4.78, 5) is 23.5. The van der Waals surface area contributed by atoms with Crippen molar-refractivity contribution in [1.82, 2.24) is 30.1 Å². The number of aryl methyl sites for hydroxylation is 1. The molecule has 2 bridgehead atoms. The number of hydrogen-bond acceptors (Lipinski definition) is 8. The van der Waals surface area contributed by atoms with Gasteiger partial charge in [-0.2, -0.15) is 5.10 Å².